The Hall–Kier alpha value is -2.82. The molecule has 0 saturated carbocycles. The zero-order valence-electron chi connectivity index (χ0n) is 17.0. The standard InChI is InChI=1S/C21H24N4O6/c26-17-4-3-16(18(27)23-17)25-19(28)14-2-1-13(9-15(14)20(25)29)24-6-8-31-12-21(10-24)11-30-7-5-22-21/h1-2,9,16,22H,3-8,10-12H2,(H,23,26,27). The van der Waals surface area contributed by atoms with E-state index in [9.17, 15) is 19.2 Å². The Kier molecular flexibility index (Phi) is 4.99. The maximum atomic E-state index is 13.1. The topological polar surface area (TPSA) is 117 Å². The van der Waals surface area contributed by atoms with Crippen molar-refractivity contribution in [3.05, 3.63) is 29.3 Å². The number of nitrogens with one attached hydrogen (secondary N) is 2. The summed E-state index contributed by atoms with van der Waals surface area (Å²) in [5.41, 5.74) is 1.03. The Morgan fingerprint density at radius 1 is 1.00 bits per heavy atom. The number of imide groups is 2. The molecule has 0 bridgehead atoms. The van der Waals surface area contributed by atoms with E-state index in [2.05, 4.69) is 15.5 Å². The van der Waals surface area contributed by atoms with E-state index in [1.54, 1.807) is 12.1 Å². The average Bonchev–Trinajstić information content (AvgIpc) is 2.90. The van der Waals surface area contributed by atoms with Crippen LogP contribution in [-0.4, -0.2) is 86.2 Å². The maximum absolute atomic E-state index is 13.1. The molecule has 5 rings (SSSR count). The first-order valence-corrected chi connectivity index (χ1v) is 10.5. The lowest BCUT2D eigenvalue weighted by Gasteiger charge is -2.39. The highest BCUT2D eigenvalue weighted by Gasteiger charge is 2.45. The summed E-state index contributed by atoms with van der Waals surface area (Å²) in [4.78, 5) is 52.8. The van der Waals surface area contributed by atoms with Gasteiger partial charge in [0.1, 0.15) is 6.04 Å². The van der Waals surface area contributed by atoms with Crippen LogP contribution in [0.15, 0.2) is 18.2 Å². The van der Waals surface area contributed by atoms with Crippen LogP contribution in [-0.2, 0) is 19.1 Å². The smallest absolute Gasteiger partial charge is 0.262 e. The molecule has 2 N–H and O–H groups in total. The predicted molar refractivity (Wildman–Crippen MR) is 108 cm³/mol. The van der Waals surface area contributed by atoms with E-state index in [0.29, 0.717) is 39.5 Å². The van der Waals surface area contributed by atoms with Crippen LogP contribution in [0, 0.1) is 0 Å². The van der Waals surface area contributed by atoms with Crippen molar-refractivity contribution in [2.24, 2.45) is 0 Å². The molecule has 164 valence electrons. The summed E-state index contributed by atoms with van der Waals surface area (Å²) in [6, 6.07) is 4.21. The quantitative estimate of drug-likeness (QED) is 0.593. The molecule has 0 radical (unpaired) electrons. The number of hydrogen-bond acceptors (Lipinski definition) is 8. The number of anilines is 1. The van der Waals surface area contributed by atoms with Gasteiger partial charge in [-0.15, -0.1) is 0 Å². The summed E-state index contributed by atoms with van der Waals surface area (Å²) in [7, 11) is 0. The fourth-order valence-electron chi connectivity index (χ4n) is 4.71. The summed E-state index contributed by atoms with van der Waals surface area (Å²) in [6.45, 7) is 4.30. The number of nitrogens with zero attached hydrogens (tertiary/aromatic N) is 2. The van der Waals surface area contributed by atoms with Crippen LogP contribution >= 0.6 is 0 Å². The van der Waals surface area contributed by atoms with Gasteiger partial charge in [-0.3, -0.25) is 29.4 Å². The fourth-order valence-corrected chi connectivity index (χ4v) is 4.71. The third-order valence-corrected chi connectivity index (χ3v) is 6.29. The van der Waals surface area contributed by atoms with Crippen molar-refractivity contribution in [2.75, 3.05) is 51.0 Å². The molecule has 3 saturated heterocycles. The molecule has 4 amide bonds. The van der Waals surface area contributed by atoms with Crippen molar-refractivity contribution in [1.82, 2.24) is 15.5 Å². The van der Waals surface area contributed by atoms with Crippen LogP contribution in [0.5, 0.6) is 0 Å². The van der Waals surface area contributed by atoms with Gasteiger partial charge in [-0.1, -0.05) is 0 Å². The number of ether oxygens (including phenoxy) is 2. The van der Waals surface area contributed by atoms with Gasteiger partial charge < -0.3 is 19.7 Å². The number of carbonyl (C=O) groups excluding carboxylic acids is 4. The number of piperidine rings is 1. The summed E-state index contributed by atoms with van der Waals surface area (Å²) in [5.74, 6) is -2.01. The molecular formula is C21H24N4O6. The van der Waals surface area contributed by atoms with Crippen LogP contribution in [0.2, 0.25) is 0 Å². The summed E-state index contributed by atoms with van der Waals surface area (Å²) >= 11 is 0. The van der Waals surface area contributed by atoms with Gasteiger partial charge in [-0.05, 0) is 24.6 Å². The fraction of sp³-hybridized carbons (Fsp3) is 0.524. The Balaban J connectivity index is 1.41. The third kappa shape index (κ3) is 3.50. The minimum Gasteiger partial charge on any atom is -0.378 e. The highest BCUT2D eigenvalue weighted by Crippen LogP contribution is 2.31. The number of rotatable bonds is 2. The van der Waals surface area contributed by atoms with Crippen molar-refractivity contribution in [1.29, 1.82) is 0 Å². The number of carbonyl (C=O) groups is 4. The van der Waals surface area contributed by atoms with Gasteiger partial charge in [0.25, 0.3) is 11.8 Å². The second kappa shape index (κ2) is 7.70. The Morgan fingerprint density at radius 2 is 1.77 bits per heavy atom. The highest BCUT2D eigenvalue weighted by molar-refractivity contribution is 6.23. The molecule has 1 aromatic carbocycles. The van der Waals surface area contributed by atoms with Gasteiger partial charge in [0, 0.05) is 31.7 Å². The number of hydrogen-bond donors (Lipinski definition) is 2. The first-order valence-electron chi connectivity index (χ1n) is 10.5. The molecule has 31 heavy (non-hydrogen) atoms. The molecule has 4 aliphatic heterocycles. The summed E-state index contributed by atoms with van der Waals surface area (Å²) < 4.78 is 11.5. The minimum atomic E-state index is -0.966. The van der Waals surface area contributed by atoms with Crippen molar-refractivity contribution in [2.45, 2.75) is 24.4 Å². The molecular weight excluding hydrogens is 404 g/mol. The van der Waals surface area contributed by atoms with Crippen molar-refractivity contribution in [3.63, 3.8) is 0 Å². The number of benzene rings is 1. The van der Waals surface area contributed by atoms with Crippen LogP contribution < -0.4 is 15.5 Å². The average molecular weight is 428 g/mol. The molecule has 10 heteroatoms. The molecule has 1 spiro atoms. The second-order valence-electron chi connectivity index (χ2n) is 8.41. The summed E-state index contributed by atoms with van der Waals surface area (Å²) in [5, 5.41) is 5.72. The van der Waals surface area contributed by atoms with Gasteiger partial charge in [0.2, 0.25) is 11.8 Å². The molecule has 2 atom stereocenters. The van der Waals surface area contributed by atoms with E-state index < -0.39 is 29.7 Å². The molecule has 1 aromatic rings. The van der Waals surface area contributed by atoms with Crippen molar-refractivity contribution < 1.29 is 28.7 Å². The maximum Gasteiger partial charge on any atom is 0.262 e. The number of amides is 4. The van der Waals surface area contributed by atoms with Crippen LogP contribution in [0.1, 0.15) is 33.6 Å². The van der Waals surface area contributed by atoms with Crippen LogP contribution in [0.4, 0.5) is 5.69 Å². The molecule has 0 aromatic heterocycles. The monoisotopic (exact) mass is 428 g/mol. The van der Waals surface area contributed by atoms with Crippen molar-refractivity contribution >= 4 is 29.3 Å². The van der Waals surface area contributed by atoms with E-state index in [1.165, 1.54) is 0 Å². The Morgan fingerprint density at radius 3 is 2.55 bits per heavy atom. The molecule has 4 aliphatic rings. The number of morpholine rings is 1. The highest BCUT2D eigenvalue weighted by atomic mass is 16.5. The Labute approximate surface area is 178 Å². The zero-order chi connectivity index (χ0) is 21.6. The minimum absolute atomic E-state index is 0.0972. The lowest BCUT2D eigenvalue weighted by atomic mass is 9.99. The lowest BCUT2D eigenvalue weighted by molar-refractivity contribution is -0.136. The third-order valence-electron chi connectivity index (χ3n) is 6.29. The molecule has 4 heterocycles. The van der Waals surface area contributed by atoms with Crippen LogP contribution in [0.3, 0.4) is 0 Å². The summed E-state index contributed by atoms with van der Waals surface area (Å²) in [6.07, 6.45) is 0.237. The lowest BCUT2D eigenvalue weighted by Crippen LogP contribution is -2.62. The van der Waals surface area contributed by atoms with Gasteiger partial charge in [-0.25, -0.2) is 0 Å². The molecule has 2 unspecified atom stereocenters. The van der Waals surface area contributed by atoms with Crippen molar-refractivity contribution in [3.8, 4) is 0 Å². The first kappa shape index (κ1) is 20.1. The van der Waals surface area contributed by atoms with Gasteiger partial charge in [0.15, 0.2) is 0 Å². The predicted octanol–water partition coefficient (Wildman–Crippen LogP) is -0.717. The van der Waals surface area contributed by atoms with E-state index in [0.717, 1.165) is 17.1 Å². The van der Waals surface area contributed by atoms with Gasteiger partial charge >= 0.3 is 0 Å². The van der Waals surface area contributed by atoms with Crippen LogP contribution in [0.25, 0.3) is 0 Å². The first-order chi connectivity index (χ1) is 15.0. The van der Waals surface area contributed by atoms with E-state index in [1.807, 2.05) is 6.07 Å². The largest absolute Gasteiger partial charge is 0.378 e. The Bertz CT molecular complexity index is 957. The SMILES string of the molecule is O=C1CCC(N2C(=O)c3ccc(N4CCOCC5(COCCN5)C4)cc3C2=O)C(=O)N1. The molecule has 0 aliphatic carbocycles. The molecule has 3 fully saturated rings. The van der Waals surface area contributed by atoms with E-state index >= 15 is 0 Å². The van der Waals surface area contributed by atoms with E-state index in [4.69, 9.17) is 9.47 Å². The molecule has 10 nitrogen and oxygen atoms in total. The van der Waals surface area contributed by atoms with Gasteiger partial charge in [0.05, 0.1) is 43.1 Å². The zero-order valence-corrected chi connectivity index (χ0v) is 17.0. The van der Waals surface area contributed by atoms with E-state index in [-0.39, 0.29) is 29.5 Å². The second-order valence-corrected chi connectivity index (χ2v) is 8.41. The van der Waals surface area contributed by atoms with Gasteiger partial charge in [-0.2, -0.15) is 0 Å². The normalized spacial score (nSPS) is 29.2. The number of fused-ring (bicyclic) bond motifs is 1.